The number of aryl methyl sites for hydroxylation is 2. The second kappa shape index (κ2) is 7.85. The Morgan fingerprint density at radius 2 is 2.00 bits per heavy atom. The van der Waals surface area contributed by atoms with Gasteiger partial charge in [-0.1, -0.05) is 18.5 Å². The summed E-state index contributed by atoms with van der Waals surface area (Å²) in [6.07, 6.45) is 0.772. The Morgan fingerprint density at radius 1 is 1.24 bits per heavy atom. The van der Waals surface area contributed by atoms with Gasteiger partial charge in [0.15, 0.2) is 10.6 Å². The van der Waals surface area contributed by atoms with Crippen molar-refractivity contribution in [1.82, 2.24) is 14.8 Å². The van der Waals surface area contributed by atoms with Gasteiger partial charge in [-0.3, -0.25) is 9.67 Å². The average molecular weight is 428 g/mol. The topological polar surface area (TPSA) is 73.1 Å². The van der Waals surface area contributed by atoms with E-state index in [2.05, 4.69) is 10.2 Å². The maximum atomic E-state index is 11.7. The van der Waals surface area contributed by atoms with Crippen LogP contribution in [-0.4, -0.2) is 14.8 Å². The monoisotopic (exact) mass is 427 g/mol. The van der Waals surface area contributed by atoms with Crippen LogP contribution in [0.3, 0.4) is 0 Å². The highest BCUT2D eigenvalue weighted by atomic mass is 35.5. The lowest BCUT2D eigenvalue weighted by molar-refractivity contribution is 0.290. The Morgan fingerprint density at radius 3 is 2.72 bits per heavy atom. The van der Waals surface area contributed by atoms with Crippen LogP contribution in [0.4, 0.5) is 0 Å². The average Bonchev–Trinajstić information content (AvgIpc) is 3.06. The molecule has 4 aromatic rings. The first kappa shape index (κ1) is 19.4. The number of ether oxygens (including phenoxy) is 1. The summed E-state index contributed by atoms with van der Waals surface area (Å²) in [6, 6.07) is 12.6. The Hall–Kier alpha value is -2.90. The largest absolute Gasteiger partial charge is 0.485 e. The smallest absolute Gasteiger partial charge is 0.336 e. The molecule has 0 aliphatic heterocycles. The minimum atomic E-state index is -0.381. The van der Waals surface area contributed by atoms with E-state index in [1.165, 1.54) is 6.07 Å². The van der Waals surface area contributed by atoms with Crippen molar-refractivity contribution in [2.45, 2.75) is 26.9 Å². The van der Waals surface area contributed by atoms with Crippen molar-refractivity contribution in [3.63, 3.8) is 0 Å². The lowest BCUT2D eigenvalue weighted by Gasteiger charge is -2.13. The van der Waals surface area contributed by atoms with E-state index in [1.54, 1.807) is 22.8 Å². The minimum absolute atomic E-state index is 0.185. The number of hydrogen-bond acceptors (Lipinski definition) is 5. The summed E-state index contributed by atoms with van der Waals surface area (Å²) in [4.78, 5) is 11.7. The van der Waals surface area contributed by atoms with Gasteiger partial charge < -0.3 is 9.15 Å². The SMILES string of the molecule is CCc1cc2c(C)cc(=O)oc2cc1OCc1n[nH]c(=S)n1-c1ccc(Cl)cc1. The number of H-pyrrole nitrogens is 1. The summed E-state index contributed by atoms with van der Waals surface area (Å²) < 4.78 is 13.7. The standard InChI is InChI=1S/C21H18ClN3O3S/c1-3-13-9-16-12(2)8-20(26)28-18(16)10-17(13)27-11-19-23-24-21(29)25(19)15-6-4-14(22)5-7-15/h4-10H,3,11H2,1-2H3,(H,24,29). The van der Waals surface area contributed by atoms with Crippen molar-refractivity contribution in [3.8, 4) is 11.4 Å². The van der Waals surface area contributed by atoms with Gasteiger partial charge >= 0.3 is 5.63 Å². The fraction of sp³-hybridized carbons (Fsp3) is 0.190. The second-order valence-corrected chi connectivity index (χ2v) is 7.43. The Balaban J connectivity index is 1.69. The lowest BCUT2D eigenvalue weighted by atomic mass is 10.1. The van der Waals surface area contributed by atoms with Crippen LogP contribution in [0.5, 0.6) is 5.75 Å². The van der Waals surface area contributed by atoms with Crippen LogP contribution in [-0.2, 0) is 13.0 Å². The summed E-state index contributed by atoms with van der Waals surface area (Å²) in [7, 11) is 0. The minimum Gasteiger partial charge on any atom is -0.485 e. The van der Waals surface area contributed by atoms with E-state index in [0.29, 0.717) is 27.0 Å². The molecule has 1 N–H and O–H groups in total. The first-order chi connectivity index (χ1) is 14.0. The van der Waals surface area contributed by atoms with Gasteiger partial charge in [-0.05, 0) is 67.0 Å². The summed E-state index contributed by atoms with van der Waals surface area (Å²) in [6.45, 7) is 4.12. The maximum Gasteiger partial charge on any atom is 0.336 e. The van der Waals surface area contributed by atoms with E-state index in [1.807, 2.05) is 32.0 Å². The first-order valence-corrected chi connectivity index (χ1v) is 9.87. The summed E-state index contributed by atoms with van der Waals surface area (Å²) >= 11 is 11.3. The number of halogens is 1. The van der Waals surface area contributed by atoms with Crippen LogP contribution in [0, 0.1) is 11.7 Å². The molecule has 0 unspecified atom stereocenters. The Bertz CT molecular complexity index is 1310. The fourth-order valence-corrected chi connectivity index (χ4v) is 3.61. The number of aromatic nitrogens is 3. The number of hydrogen-bond donors (Lipinski definition) is 1. The van der Waals surface area contributed by atoms with Crippen LogP contribution in [0.1, 0.15) is 23.9 Å². The van der Waals surface area contributed by atoms with Gasteiger partial charge in [-0.25, -0.2) is 4.79 Å². The Kier molecular flexibility index (Phi) is 5.25. The number of nitrogens with zero attached hydrogens (tertiary/aromatic N) is 2. The Labute approximate surface area is 176 Å². The molecule has 2 aromatic carbocycles. The van der Waals surface area contributed by atoms with Crippen molar-refractivity contribution in [2.75, 3.05) is 0 Å². The molecule has 0 radical (unpaired) electrons. The molecule has 6 nitrogen and oxygen atoms in total. The summed E-state index contributed by atoms with van der Waals surface area (Å²) in [5, 5.41) is 8.63. The van der Waals surface area contributed by atoms with E-state index in [9.17, 15) is 4.79 Å². The van der Waals surface area contributed by atoms with Crippen LogP contribution < -0.4 is 10.4 Å². The van der Waals surface area contributed by atoms with Gasteiger partial charge in [-0.15, -0.1) is 0 Å². The van der Waals surface area contributed by atoms with Crippen LogP contribution in [0.15, 0.2) is 51.7 Å². The zero-order valence-electron chi connectivity index (χ0n) is 15.9. The molecule has 0 bridgehead atoms. The molecule has 0 atom stereocenters. The molecule has 2 heterocycles. The molecule has 0 aliphatic carbocycles. The van der Waals surface area contributed by atoms with Crippen LogP contribution in [0.25, 0.3) is 16.7 Å². The predicted molar refractivity (Wildman–Crippen MR) is 115 cm³/mol. The quantitative estimate of drug-likeness (QED) is 0.352. The molecule has 0 saturated carbocycles. The van der Waals surface area contributed by atoms with Gasteiger partial charge in [0.05, 0.1) is 0 Å². The number of aromatic amines is 1. The van der Waals surface area contributed by atoms with Crippen molar-refractivity contribution in [1.29, 1.82) is 0 Å². The molecule has 0 aliphatic rings. The number of rotatable bonds is 5. The second-order valence-electron chi connectivity index (χ2n) is 6.60. The molecule has 0 fully saturated rings. The number of fused-ring (bicyclic) bond motifs is 1. The summed E-state index contributed by atoms with van der Waals surface area (Å²) in [5.41, 5.74) is 2.85. The highest BCUT2D eigenvalue weighted by Crippen LogP contribution is 2.28. The molecule has 0 spiro atoms. The highest BCUT2D eigenvalue weighted by Gasteiger charge is 2.13. The normalized spacial score (nSPS) is 11.1. The number of nitrogens with one attached hydrogen (secondary N) is 1. The van der Waals surface area contributed by atoms with Crippen LogP contribution in [0.2, 0.25) is 5.02 Å². The molecule has 4 rings (SSSR count). The van der Waals surface area contributed by atoms with Gasteiger partial charge in [0.2, 0.25) is 0 Å². The maximum absolute atomic E-state index is 11.7. The summed E-state index contributed by atoms with van der Waals surface area (Å²) in [5.74, 6) is 1.26. The molecule has 0 saturated heterocycles. The third-order valence-electron chi connectivity index (χ3n) is 4.70. The van der Waals surface area contributed by atoms with Crippen molar-refractivity contribution < 1.29 is 9.15 Å². The first-order valence-electron chi connectivity index (χ1n) is 9.08. The molecule has 148 valence electrons. The van der Waals surface area contributed by atoms with E-state index in [-0.39, 0.29) is 12.2 Å². The van der Waals surface area contributed by atoms with E-state index in [0.717, 1.165) is 28.6 Å². The molecular formula is C21H18ClN3O3S. The van der Waals surface area contributed by atoms with Gasteiger partial charge in [-0.2, -0.15) is 5.10 Å². The molecular weight excluding hydrogens is 410 g/mol. The molecule has 0 amide bonds. The lowest BCUT2D eigenvalue weighted by Crippen LogP contribution is -2.07. The van der Waals surface area contributed by atoms with Crippen LogP contribution >= 0.6 is 23.8 Å². The van der Waals surface area contributed by atoms with Crippen molar-refractivity contribution >= 4 is 34.8 Å². The third-order valence-corrected chi connectivity index (χ3v) is 5.22. The van der Waals surface area contributed by atoms with Crippen molar-refractivity contribution in [3.05, 3.63) is 79.6 Å². The number of benzene rings is 2. The van der Waals surface area contributed by atoms with Gasteiger partial charge in [0.25, 0.3) is 0 Å². The predicted octanol–water partition coefficient (Wildman–Crippen LogP) is 5.14. The van der Waals surface area contributed by atoms with E-state index in [4.69, 9.17) is 33.0 Å². The zero-order chi connectivity index (χ0) is 20.5. The van der Waals surface area contributed by atoms with Crippen molar-refractivity contribution in [2.24, 2.45) is 0 Å². The third kappa shape index (κ3) is 3.83. The molecule has 2 aromatic heterocycles. The fourth-order valence-electron chi connectivity index (χ4n) is 3.23. The highest BCUT2D eigenvalue weighted by molar-refractivity contribution is 7.71. The van der Waals surface area contributed by atoms with E-state index < -0.39 is 0 Å². The zero-order valence-corrected chi connectivity index (χ0v) is 17.4. The molecule has 8 heteroatoms. The van der Waals surface area contributed by atoms with Gasteiger partial charge in [0, 0.05) is 28.2 Å². The van der Waals surface area contributed by atoms with E-state index >= 15 is 0 Å². The van der Waals surface area contributed by atoms with Gasteiger partial charge in [0.1, 0.15) is 17.9 Å². The molecule has 29 heavy (non-hydrogen) atoms.